The molecule has 6 heteroatoms. The quantitative estimate of drug-likeness (QED) is 0.727. The number of ether oxygens (including phenoxy) is 1. The Morgan fingerprint density at radius 2 is 1.73 bits per heavy atom. The Labute approximate surface area is 162 Å². The van der Waals surface area contributed by atoms with E-state index in [-0.39, 0.29) is 17.2 Å². The van der Waals surface area contributed by atoms with E-state index < -0.39 is 0 Å². The first kappa shape index (κ1) is 17.8. The van der Waals surface area contributed by atoms with E-state index in [4.69, 9.17) is 4.74 Å². The third-order valence-corrected chi connectivity index (χ3v) is 7.05. The van der Waals surface area contributed by atoms with E-state index in [1.807, 2.05) is 0 Å². The zero-order valence-corrected chi connectivity index (χ0v) is 16.6. The summed E-state index contributed by atoms with van der Waals surface area (Å²) in [6.07, 6.45) is 8.18. The Hall–Kier alpha value is -1.56. The molecule has 0 saturated heterocycles. The molecule has 1 aromatic rings. The number of carbonyl (C=O) groups is 2. The van der Waals surface area contributed by atoms with Gasteiger partial charge in [-0.3, -0.25) is 20.4 Å². The van der Waals surface area contributed by atoms with Crippen LogP contribution >= 0.6 is 15.9 Å². The van der Waals surface area contributed by atoms with Gasteiger partial charge in [-0.1, -0.05) is 0 Å². The molecular formula is C20H25BrN2O3. The summed E-state index contributed by atoms with van der Waals surface area (Å²) < 4.78 is 5.87. The lowest BCUT2D eigenvalue weighted by Crippen LogP contribution is -2.50. The molecule has 5 rings (SSSR count). The Balaban J connectivity index is 1.33. The smallest absolute Gasteiger partial charge is 0.269 e. The van der Waals surface area contributed by atoms with Gasteiger partial charge in [0.25, 0.3) is 5.91 Å². The van der Waals surface area contributed by atoms with E-state index in [0.717, 1.165) is 17.8 Å². The number of halogens is 1. The topological polar surface area (TPSA) is 67.4 Å². The Kier molecular flexibility index (Phi) is 4.71. The van der Waals surface area contributed by atoms with Gasteiger partial charge in [0.2, 0.25) is 5.91 Å². The second kappa shape index (κ2) is 6.87. The molecule has 0 unspecified atom stereocenters. The fourth-order valence-electron chi connectivity index (χ4n) is 5.90. The summed E-state index contributed by atoms with van der Waals surface area (Å²) in [6, 6.07) is 5.07. The Bertz CT molecular complexity index is 698. The first-order chi connectivity index (χ1) is 12.5. The van der Waals surface area contributed by atoms with Crippen LogP contribution in [0, 0.1) is 23.2 Å². The fourth-order valence-corrected chi connectivity index (χ4v) is 6.44. The molecule has 26 heavy (non-hydrogen) atoms. The minimum atomic E-state index is -0.327. The SMILES string of the molecule is COc1ccc(C(=O)NNC(=O)CC23CC4CC(CC(C4)C2)C3)cc1Br. The van der Waals surface area contributed by atoms with Gasteiger partial charge in [0.15, 0.2) is 0 Å². The average molecular weight is 421 g/mol. The maximum Gasteiger partial charge on any atom is 0.269 e. The van der Waals surface area contributed by atoms with Gasteiger partial charge in [0.1, 0.15) is 5.75 Å². The molecule has 2 N–H and O–H groups in total. The summed E-state index contributed by atoms with van der Waals surface area (Å²) in [5, 5.41) is 0. The van der Waals surface area contributed by atoms with Gasteiger partial charge in [-0.05, 0) is 95.8 Å². The van der Waals surface area contributed by atoms with Crippen LogP contribution in [0.3, 0.4) is 0 Å². The molecular weight excluding hydrogens is 396 g/mol. The van der Waals surface area contributed by atoms with E-state index in [2.05, 4.69) is 26.8 Å². The minimum absolute atomic E-state index is 0.0760. The molecule has 1 aromatic carbocycles. The lowest BCUT2D eigenvalue weighted by atomic mass is 9.49. The maximum absolute atomic E-state index is 12.5. The van der Waals surface area contributed by atoms with E-state index >= 15 is 0 Å². The lowest BCUT2D eigenvalue weighted by Gasteiger charge is -2.56. The summed E-state index contributed by atoms with van der Waals surface area (Å²) in [4.78, 5) is 24.8. The second-order valence-electron chi connectivity index (χ2n) is 8.45. The summed E-state index contributed by atoms with van der Waals surface area (Å²) in [5.41, 5.74) is 5.80. The van der Waals surface area contributed by atoms with Crippen molar-refractivity contribution in [2.45, 2.75) is 44.9 Å². The third-order valence-electron chi connectivity index (χ3n) is 6.43. The predicted octanol–water partition coefficient (Wildman–Crippen LogP) is 3.83. The molecule has 2 amide bonds. The van der Waals surface area contributed by atoms with Gasteiger partial charge < -0.3 is 4.74 Å². The van der Waals surface area contributed by atoms with E-state index in [1.165, 1.54) is 38.5 Å². The van der Waals surface area contributed by atoms with Crippen molar-refractivity contribution in [3.63, 3.8) is 0 Å². The highest BCUT2D eigenvalue weighted by Crippen LogP contribution is 2.61. The van der Waals surface area contributed by atoms with Gasteiger partial charge in [-0.2, -0.15) is 0 Å². The predicted molar refractivity (Wildman–Crippen MR) is 102 cm³/mol. The zero-order valence-electron chi connectivity index (χ0n) is 15.0. The normalized spacial score (nSPS) is 31.5. The van der Waals surface area contributed by atoms with Crippen molar-refractivity contribution in [2.75, 3.05) is 7.11 Å². The van der Waals surface area contributed by atoms with E-state index in [0.29, 0.717) is 22.2 Å². The molecule has 5 nitrogen and oxygen atoms in total. The summed E-state index contributed by atoms with van der Waals surface area (Å²) in [7, 11) is 1.57. The molecule has 4 aliphatic carbocycles. The van der Waals surface area contributed by atoms with E-state index in [1.54, 1.807) is 25.3 Å². The highest BCUT2D eigenvalue weighted by molar-refractivity contribution is 9.10. The molecule has 0 spiro atoms. The van der Waals surface area contributed by atoms with Crippen LogP contribution in [0.4, 0.5) is 0 Å². The van der Waals surface area contributed by atoms with Crippen LogP contribution in [0.25, 0.3) is 0 Å². The number of methoxy groups -OCH3 is 1. The molecule has 0 aromatic heterocycles. The van der Waals surface area contributed by atoms with Crippen LogP contribution in [-0.4, -0.2) is 18.9 Å². The highest BCUT2D eigenvalue weighted by Gasteiger charge is 2.51. The second-order valence-corrected chi connectivity index (χ2v) is 9.30. The van der Waals surface area contributed by atoms with Gasteiger partial charge in [-0.25, -0.2) is 0 Å². The van der Waals surface area contributed by atoms with Crippen molar-refractivity contribution in [3.8, 4) is 5.75 Å². The van der Waals surface area contributed by atoms with Crippen molar-refractivity contribution in [3.05, 3.63) is 28.2 Å². The van der Waals surface area contributed by atoms with Crippen molar-refractivity contribution in [2.24, 2.45) is 23.2 Å². The van der Waals surface area contributed by atoms with Gasteiger partial charge in [-0.15, -0.1) is 0 Å². The van der Waals surface area contributed by atoms with Crippen molar-refractivity contribution >= 4 is 27.7 Å². The number of nitrogens with one attached hydrogen (secondary N) is 2. The molecule has 4 aliphatic rings. The Morgan fingerprint density at radius 1 is 1.12 bits per heavy atom. The number of hydrogen-bond acceptors (Lipinski definition) is 3. The minimum Gasteiger partial charge on any atom is -0.496 e. The highest BCUT2D eigenvalue weighted by atomic mass is 79.9. The van der Waals surface area contributed by atoms with Crippen LogP contribution in [0.2, 0.25) is 0 Å². The number of carbonyl (C=O) groups excluding carboxylic acids is 2. The van der Waals surface area contributed by atoms with Crippen LogP contribution in [0.5, 0.6) is 5.75 Å². The monoisotopic (exact) mass is 420 g/mol. The van der Waals surface area contributed by atoms with Gasteiger partial charge >= 0.3 is 0 Å². The fraction of sp³-hybridized carbons (Fsp3) is 0.600. The summed E-state index contributed by atoms with van der Waals surface area (Å²) >= 11 is 3.37. The van der Waals surface area contributed by atoms with Gasteiger partial charge in [0, 0.05) is 12.0 Å². The average Bonchev–Trinajstić information content (AvgIpc) is 2.58. The summed E-state index contributed by atoms with van der Waals surface area (Å²) in [5.74, 6) is 2.72. The van der Waals surface area contributed by atoms with Crippen molar-refractivity contribution in [1.29, 1.82) is 0 Å². The molecule has 4 fully saturated rings. The largest absolute Gasteiger partial charge is 0.496 e. The molecule has 0 aliphatic heterocycles. The van der Waals surface area contributed by atoms with Crippen LogP contribution in [0.15, 0.2) is 22.7 Å². The number of amides is 2. The standard InChI is InChI=1S/C20H25BrN2O3/c1-26-17-3-2-15(7-16(17)21)19(25)23-22-18(24)11-20-8-12-4-13(9-20)6-14(5-12)10-20/h2-3,7,12-14H,4-6,8-11H2,1H3,(H,22,24)(H,23,25). The number of hydrazine groups is 1. The molecule has 0 heterocycles. The molecule has 0 radical (unpaired) electrons. The third kappa shape index (κ3) is 3.48. The summed E-state index contributed by atoms with van der Waals surface area (Å²) in [6.45, 7) is 0. The lowest BCUT2D eigenvalue weighted by molar-refractivity contribution is -0.130. The van der Waals surface area contributed by atoms with Crippen LogP contribution in [-0.2, 0) is 4.79 Å². The van der Waals surface area contributed by atoms with Crippen molar-refractivity contribution < 1.29 is 14.3 Å². The Morgan fingerprint density at radius 3 is 2.27 bits per heavy atom. The molecule has 0 atom stereocenters. The zero-order chi connectivity index (χ0) is 18.3. The molecule has 140 valence electrons. The van der Waals surface area contributed by atoms with Crippen LogP contribution in [0.1, 0.15) is 55.3 Å². The van der Waals surface area contributed by atoms with Crippen molar-refractivity contribution in [1.82, 2.24) is 10.9 Å². The number of rotatable bonds is 4. The number of hydrogen-bond donors (Lipinski definition) is 2. The van der Waals surface area contributed by atoms with E-state index in [9.17, 15) is 9.59 Å². The van der Waals surface area contributed by atoms with Crippen LogP contribution < -0.4 is 15.6 Å². The first-order valence-corrected chi connectivity index (χ1v) is 10.2. The molecule has 4 bridgehead atoms. The molecule has 4 saturated carbocycles. The number of benzene rings is 1. The van der Waals surface area contributed by atoms with Gasteiger partial charge in [0.05, 0.1) is 11.6 Å². The maximum atomic E-state index is 12.5. The first-order valence-electron chi connectivity index (χ1n) is 9.39.